The molecule has 0 radical (unpaired) electrons. The number of rotatable bonds is 4. The van der Waals surface area contributed by atoms with E-state index in [-0.39, 0.29) is 0 Å². The summed E-state index contributed by atoms with van der Waals surface area (Å²) in [5, 5.41) is 0. The first-order valence-electron chi connectivity index (χ1n) is 11.5. The van der Waals surface area contributed by atoms with E-state index < -0.39 is 0 Å². The number of H-pyrrole nitrogens is 1. The van der Waals surface area contributed by atoms with Crippen LogP contribution in [-0.4, -0.2) is 41.0 Å². The number of fused-ring (bicyclic) bond motifs is 8. The number of ether oxygens (including phenoxy) is 2. The zero-order chi connectivity index (χ0) is 24.6. The van der Waals surface area contributed by atoms with Crippen molar-refractivity contribution in [3.05, 3.63) is 83.4 Å². The number of hydrogen-bond acceptors (Lipinski definition) is 5. The molecule has 4 aromatic rings. The summed E-state index contributed by atoms with van der Waals surface area (Å²) in [6, 6.07) is 20.1. The zero-order valence-corrected chi connectivity index (χ0v) is 20.1. The van der Waals surface area contributed by atoms with Crippen molar-refractivity contribution in [2.45, 2.75) is 0 Å². The largest absolute Gasteiger partial charge is 0.494 e. The van der Waals surface area contributed by atoms with Crippen LogP contribution in [0.3, 0.4) is 0 Å². The van der Waals surface area contributed by atoms with Crippen molar-refractivity contribution >= 4 is 46.4 Å². The van der Waals surface area contributed by atoms with Gasteiger partial charge in [0.05, 0.1) is 42.4 Å². The molecule has 0 unspecified atom stereocenters. The van der Waals surface area contributed by atoms with Crippen LogP contribution in [0.4, 0.5) is 0 Å². The normalized spacial score (nSPS) is 12.1. The van der Waals surface area contributed by atoms with Gasteiger partial charge in [0, 0.05) is 11.0 Å². The number of aromatic amines is 1. The Balaban J connectivity index is 1.85. The molecule has 0 aliphatic carbocycles. The van der Waals surface area contributed by atoms with Crippen molar-refractivity contribution in [3.8, 4) is 22.6 Å². The van der Waals surface area contributed by atoms with Crippen LogP contribution in [0.2, 0.25) is 0 Å². The quantitative estimate of drug-likeness (QED) is 0.344. The molecule has 2 aliphatic rings. The van der Waals surface area contributed by atoms with E-state index in [0.29, 0.717) is 22.7 Å². The highest BCUT2D eigenvalue weighted by molar-refractivity contribution is 5.98. The van der Waals surface area contributed by atoms with Gasteiger partial charge in [0.2, 0.25) is 0 Å². The summed E-state index contributed by atoms with van der Waals surface area (Å²) in [5.74, 6) is 1.16. The Labute approximate surface area is 207 Å². The molecule has 5 heterocycles. The van der Waals surface area contributed by atoms with E-state index >= 15 is 0 Å². The first-order valence-corrected chi connectivity index (χ1v) is 11.5. The summed E-state index contributed by atoms with van der Waals surface area (Å²) in [6.45, 7) is 0. The molecular formula is C29H24N4O3. The third-order valence-corrected chi connectivity index (χ3v) is 6.19. The number of nitrogens with zero attached hydrogens (tertiary/aromatic N) is 3. The summed E-state index contributed by atoms with van der Waals surface area (Å²) in [7, 11) is 4.90. The third kappa shape index (κ3) is 3.62. The average Bonchev–Trinajstić information content (AvgIpc) is 3.69. The van der Waals surface area contributed by atoms with Crippen molar-refractivity contribution in [1.82, 2.24) is 19.7 Å². The molecule has 1 N–H and O–H groups in total. The van der Waals surface area contributed by atoms with Gasteiger partial charge in [0.15, 0.2) is 17.0 Å². The van der Waals surface area contributed by atoms with Gasteiger partial charge in [-0.05, 0) is 60.2 Å². The lowest BCUT2D eigenvalue weighted by Gasteiger charge is -2.08. The highest BCUT2D eigenvalue weighted by Gasteiger charge is 2.24. The topological polar surface area (TPSA) is 74.2 Å². The van der Waals surface area contributed by atoms with Gasteiger partial charge in [-0.2, -0.15) is 4.73 Å². The van der Waals surface area contributed by atoms with Crippen LogP contribution in [0.25, 0.3) is 57.5 Å². The number of aromatic nitrogens is 4. The van der Waals surface area contributed by atoms with E-state index in [1.165, 1.54) is 0 Å². The Kier molecular flexibility index (Phi) is 5.30. The van der Waals surface area contributed by atoms with Gasteiger partial charge >= 0.3 is 0 Å². The fraction of sp³-hybridized carbons (Fsp3) is 0.103. The van der Waals surface area contributed by atoms with Gasteiger partial charge in [0.1, 0.15) is 12.8 Å². The first kappa shape index (κ1) is 21.7. The number of nitrogens with one attached hydrogen (secondary N) is 1. The predicted molar refractivity (Wildman–Crippen MR) is 144 cm³/mol. The van der Waals surface area contributed by atoms with Crippen LogP contribution in [0.15, 0.2) is 60.7 Å². The molecule has 7 heteroatoms. The highest BCUT2D eigenvalue weighted by Crippen LogP contribution is 2.44. The SMILES string of the molecule is COc1c2nc(cc3ccc(cc4nc(cc5c(-c6ccccc6)c(OC)c1n5OC)C=C4)[nH]3)C=C2. The number of methoxy groups -OCH3 is 2. The van der Waals surface area contributed by atoms with Gasteiger partial charge in [-0.1, -0.05) is 30.3 Å². The summed E-state index contributed by atoms with van der Waals surface area (Å²) >= 11 is 0. The van der Waals surface area contributed by atoms with Crippen molar-refractivity contribution < 1.29 is 14.3 Å². The van der Waals surface area contributed by atoms with Crippen molar-refractivity contribution in [2.24, 2.45) is 0 Å². The van der Waals surface area contributed by atoms with Gasteiger partial charge in [-0.3, -0.25) is 0 Å². The molecule has 1 aromatic carbocycles. The Morgan fingerprint density at radius 1 is 0.694 bits per heavy atom. The van der Waals surface area contributed by atoms with Crippen LogP contribution < -0.4 is 14.3 Å². The average molecular weight is 477 g/mol. The van der Waals surface area contributed by atoms with E-state index in [1.807, 2.05) is 85.0 Å². The van der Waals surface area contributed by atoms with E-state index in [0.717, 1.165) is 44.8 Å². The van der Waals surface area contributed by atoms with E-state index in [1.54, 1.807) is 26.1 Å². The molecule has 0 saturated carbocycles. The molecule has 2 aliphatic heterocycles. The Morgan fingerprint density at radius 2 is 1.33 bits per heavy atom. The van der Waals surface area contributed by atoms with Gasteiger partial charge in [0.25, 0.3) is 0 Å². The van der Waals surface area contributed by atoms with Crippen molar-refractivity contribution in [1.29, 1.82) is 0 Å². The molecule has 178 valence electrons. The summed E-state index contributed by atoms with van der Waals surface area (Å²) in [6.07, 6.45) is 7.87. The monoisotopic (exact) mass is 476 g/mol. The summed E-state index contributed by atoms with van der Waals surface area (Å²) in [5.41, 5.74) is 8.28. The van der Waals surface area contributed by atoms with Gasteiger partial charge < -0.3 is 19.3 Å². The van der Waals surface area contributed by atoms with E-state index in [4.69, 9.17) is 24.3 Å². The van der Waals surface area contributed by atoms with Crippen LogP contribution in [-0.2, 0) is 0 Å². The lowest BCUT2D eigenvalue weighted by molar-refractivity contribution is 0.187. The minimum atomic E-state index is 0.536. The second-order valence-electron chi connectivity index (χ2n) is 8.37. The van der Waals surface area contributed by atoms with Crippen molar-refractivity contribution in [3.63, 3.8) is 0 Å². The van der Waals surface area contributed by atoms with Crippen LogP contribution in [0, 0.1) is 0 Å². The van der Waals surface area contributed by atoms with E-state index in [9.17, 15) is 0 Å². The number of benzene rings is 1. The minimum Gasteiger partial charge on any atom is -0.494 e. The van der Waals surface area contributed by atoms with Crippen LogP contribution in [0.5, 0.6) is 11.5 Å². The fourth-order valence-electron chi connectivity index (χ4n) is 4.67. The maximum absolute atomic E-state index is 6.02. The molecule has 7 nitrogen and oxygen atoms in total. The summed E-state index contributed by atoms with van der Waals surface area (Å²) in [4.78, 5) is 19.0. The van der Waals surface area contributed by atoms with Gasteiger partial charge in [-0.25, -0.2) is 9.97 Å². The molecular weight excluding hydrogens is 452 g/mol. The van der Waals surface area contributed by atoms with Crippen LogP contribution in [0.1, 0.15) is 22.8 Å². The molecule has 0 amide bonds. The minimum absolute atomic E-state index is 0.536. The molecule has 3 aromatic heterocycles. The second kappa shape index (κ2) is 8.78. The molecule has 0 spiro atoms. The van der Waals surface area contributed by atoms with Crippen molar-refractivity contribution in [2.75, 3.05) is 21.3 Å². The standard InChI is InChI=1S/C29H24N4O3/c1-34-28-24-14-13-22(32-24)16-21-10-9-19(30-21)15-20-11-12-23(31-20)17-25-26(18-7-5-4-6-8-18)29(35-2)27(28)33(25)36-3/h4-17,30H,1-3H3. The molecule has 0 fully saturated rings. The van der Waals surface area contributed by atoms with Crippen LogP contribution >= 0.6 is 0 Å². The third-order valence-electron chi connectivity index (χ3n) is 6.19. The molecule has 0 atom stereocenters. The Morgan fingerprint density at radius 3 is 2.00 bits per heavy atom. The number of hydrogen-bond donors (Lipinski definition) is 1. The lowest BCUT2D eigenvalue weighted by atomic mass is 10.1. The molecule has 8 bridgehead atoms. The van der Waals surface area contributed by atoms with Gasteiger partial charge in [-0.15, -0.1) is 0 Å². The van der Waals surface area contributed by atoms with E-state index in [2.05, 4.69) is 4.98 Å². The predicted octanol–water partition coefficient (Wildman–Crippen LogP) is 5.87. The fourth-order valence-corrected chi connectivity index (χ4v) is 4.67. The Bertz CT molecular complexity index is 1690. The molecule has 6 rings (SSSR count). The molecule has 36 heavy (non-hydrogen) atoms. The summed E-state index contributed by atoms with van der Waals surface area (Å²) < 4.78 is 13.7. The highest BCUT2D eigenvalue weighted by atomic mass is 16.6. The smallest absolute Gasteiger partial charge is 0.175 e. The Hall–Kier alpha value is -4.78. The maximum Gasteiger partial charge on any atom is 0.175 e. The molecule has 0 saturated heterocycles. The second-order valence-corrected chi connectivity index (χ2v) is 8.37. The lowest BCUT2D eigenvalue weighted by Crippen LogP contribution is -2.06. The maximum atomic E-state index is 6.02. The first-order chi connectivity index (χ1) is 17.7. The zero-order valence-electron chi connectivity index (χ0n) is 20.1.